The molecule has 0 saturated carbocycles. The van der Waals surface area contributed by atoms with Crippen LogP contribution in [0.5, 0.6) is 11.5 Å². The van der Waals surface area contributed by atoms with Gasteiger partial charge in [0.05, 0.1) is 11.1 Å². The summed E-state index contributed by atoms with van der Waals surface area (Å²) in [4.78, 5) is 0. The highest BCUT2D eigenvalue weighted by atomic mass is 19.4. The third kappa shape index (κ3) is 2.75. The van der Waals surface area contributed by atoms with Crippen molar-refractivity contribution >= 4 is 0 Å². The van der Waals surface area contributed by atoms with Crippen molar-refractivity contribution in [3.8, 4) is 17.6 Å². The van der Waals surface area contributed by atoms with Gasteiger partial charge in [-0.25, -0.2) is 0 Å². The molecular formula is C15H10F3NO. The molecule has 2 nitrogen and oxygen atoms in total. The molecule has 0 aliphatic carbocycles. The lowest BCUT2D eigenvalue weighted by Crippen LogP contribution is -2.07. The number of ether oxygens (including phenoxy) is 1. The van der Waals surface area contributed by atoms with Crippen LogP contribution in [0.3, 0.4) is 0 Å². The number of rotatable bonds is 2. The van der Waals surface area contributed by atoms with E-state index in [4.69, 9.17) is 10.00 Å². The minimum Gasteiger partial charge on any atom is -0.455 e. The van der Waals surface area contributed by atoms with Crippen molar-refractivity contribution in [1.82, 2.24) is 0 Å². The number of benzene rings is 2. The molecule has 2 aromatic carbocycles. The van der Waals surface area contributed by atoms with E-state index < -0.39 is 11.7 Å². The van der Waals surface area contributed by atoms with Crippen LogP contribution in [-0.4, -0.2) is 0 Å². The summed E-state index contributed by atoms with van der Waals surface area (Å²) in [6.07, 6.45) is -4.51. The highest BCUT2D eigenvalue weighted by Gasteiger charge is 2.34. The predicted molar refractivity (Wildman–Crippen MR) is 67.4 cm³/mol. The second-order valence-corrected chi connectivity index (χ2v) is 4.16. The first-order valence-corrected chi connectivity index (χ1v) is 5.77. The summed E-state index contributed by atoms with van der Waals surface area (Å²) in [6.45, 7) is 1.67. The van der Waals surface area contributed by atoms with E-state index in [1.54, 1.807) is 19.1 Å². The molecule has 2 rings (SSSR count). The SMILES string of the molecule is Cc1cccc(C#N)c1Oc1ccccc1C(F)(F)F. The van der Waals surface area contributed by atoms with Crippen LogP contribution in [0.25, 0.3) is 0 Å². The van der Waals surface area contributed by atoms with Gasteiger partial charge in [-0.1, -0.05) is 24.3 Å². The van der Waals surface area contributed by atoms with Crippen LogP contribution in [0.15, 0.2) is 42.5 Å². The van der Waals surface area contributed by atoms with Crippen LogP contribution < -0.4 is 4.74 Å². The normalized spacial score (nSPS) is 10.9. The third-order valence-electron chi connectivity index (χ3n) is 2.74. The first-order valence-electron chi connectivity index (χ1n) is 5.77. The van der Waals surface area contributed by atoms with Gasteiger partial charge in [0.25, 0.3) is 0 Å². The lowest BCUT2D eigenvalue weighted by atomic mass is 10.1. The second-order valence-electron chi connectivity index (χ2n) is 4.16. The molecule has 2 aromatic rings. The van der Waals surface area contributed by atoms with Crippen molar-refractivity contribution in [2.75, 3.05) is 0 Å². The lowest BCUT2D eigenvalue weighted by molar-refractivity contribution is -0.138. The zero-order chi connectivity index (χ0) is 14.8. The quantitative estimate of drug-likeness (QED) is 0.798. The Morgan fingerprint density at radius 3 is 2.40 bits per heavy atom. The fourth-order valence-corrected chi connectivity index (χ4v) is 1.78. The molecule has 0 aliphatic heterocycles. The Morgan fingerprint density at radius 2 is 1.75 bits per heavy atom. The van der Waals surface area contributed by atoms with Crippen LogP contribution in [-0.2, 0) is 6.18 Å². The summed E-state index contributed by atoms with van der Waals surface area (Å²) < 4.78 is 44.0. The summed E-state index contributed by atoms with van der Waals surface area (Å²) >= 11 is 0. The molecule has 20 heavy (non-hydrogen) atoms. The van der Waals surface area contributed by atoms with Gasteiger partial charge >= 0.3 is 6.18 Å². The Labute approximate surface area is 114 Å². The minimum atomic E-state index is -4.51. The highest BCUT2D eigenvalue weighted by molar-refractivity contribution is 5.51. The minimum absolute atomic E-state index is 0.145. The largest absolute Gasteiger partial charge is 0.455 e. The molecule has 0 aliphatic rings. The summed E-state index contributed by atoms with van der Waals surface area (Å²) in [5.41, 5.74) is -0.0739. The first-order chi connectivity index (χ1) is 9.43. The van der Waals surface area contributed by atoms with Crippen molar-refractivity contribution in [1.29, 1.82) is 5.26 Å². The topological polar surface area (TPSA) is 33.0 Å². The van der Waals surface area contributed by atoms with Crippen LogP contribution in [0.1, 0.15) is 16.7 Å². The van der Waals surface area contributed by atoms with Crippen molar-refractivity contribution in [3.63, 3.8) is 0 Å². The van der Waals surface area contributed by atoms with E-state index in [0.29, 0.717) is 5.56 Å². The van der Waals surface area contributed by atoms with Gasteiger partial charge in [-0.3, -0.25) is 0 Å². The van der Waals surface area contributed by atoms with E-state index in [0.717, 1.165) is 6.07 Å². The molecule has 102 valence electrons. The van der Waals surface area contributed by atoms with Crippen molar-refractivity contribution in [3.05, 3.63) is 59.2 Å². The van der Waals surface area contributed by atoms with Crippen LogP contribution in [0.4, 0.5) is 13.2 Å². The zero-order valence-corrected chi connectivity index (χ0v) is 10.5. The van der Waals surface area contributed by atoms with Gasteiger partial charge in [0.1, 0.15) is 17.6 Å². The number of hydrogen-bond donors (Lipinski definition) is 0. The maximum absolute atomic E-state index is 12.9. The Morgan fingerprint density at radius 1 is 1.05 bits per heavy atom. The number of nitrogens with zero attached hydrogens (tertiary/aromatic N) is 1. The Hall–Kier alpha value is -2.48. The molecule has 0 spiro atoms. The van der Waals surface area contributed by atoms with E-state index >= 15 is 0 Å². The zero-order valence-electron chi connectivity index (χ0n) is 10.5. The smallest absolute Gasteiger partial charge is 0.419 e. The summed E-state index contributed by atoms with van der Waals surface area (Å²) in [6, 6.07) is 11.6. The molecule has 5 heteroatoms. The molecule has 0 N–H and O–H groups in total. The molecule has 0 saturated heterocycles. The van der Waals surface area contributed by atoms with Gasteiger partial charge in [0.2, 0.25) is 0 Å². The van der Waals surface area contributed by atoms with Gasteiger partial charge in [0, 0.05) is 0 Å². The predicted octanol–water partition coefficient (Wildman–Crippen LogP) is 4.68. The van der Waals surface area contributed by atoms with E-state index in [2.05, 4.69) is 0 Å². The average Bonchev–Trinajstić information content (AvgIpc) is 2.40. The number of halogens is 3. The van der Waals surface area contributed by atoms with Gasteiger partial charge in [0.15, 0.2) is 0 Å². The molecular weight excluding hydrogens is 267 g/mol. The van der Waals surface area contributed by atoms with Gasteiger partial charge in [-0.05, 0) is 30.7 Å². The molecule has 0 atom stereocenters. The Bertz CT molecular complexity index is 672. The molecule has 0 amide bonds. The van der Waals surface area contributed by atoms with Crippen molar-refractivity contribution in [2.45, 2.75) is 13.1 Å². The number of aryl methyl sites for hydroxylation is 1. The Balaban J connectivity index is 2.50. The van der Waals surface area contributed by atoms with E-state index in [-0.39, 0.29) is 17.1 Å². The molecule has 0 unspecified atom stereocenters. The standard InChI is InChI=1S/C15H10F3NO/c1-10-5-4-6-11(9-19)14(10)20-13-8-3-2-7-12(13)15(16,17)18/h2-8H,1H3. The monoisotopic (exact) mass is 277 g/mol. The molecule has 0 radical (unpaired) electrons. The second kappa shape index (κ2) is 5.25. The van der Waals surface area contributed by atoms with Crippen molar-refractivity contribution < 1.29 is 17.9 Å². The van der Waals surface area contributed by atoms with E-state index in [1.807, 2.05) is 6.07 Å². The molecule has 0 aromatic heterocycles. The maximum atomic E-state index is 12.9. The lowest BCUT2D eigenvalue weighted by Gasteiger charge is -2.15. The highest BCUT2D eigenvalue weighted by Crippen LogP contribution is 2.39. The fraction of sp³-hybridized carbons (Fsp3) is 0.133. The number of para-hydroxylation sites is 2. The van der Waals surface area contributed by atoms with E-state index in [1.165, 1.54) is 24.3 Å². The molecule has 0 heterocycles. The summed E-state index contributed by atoms with van der Waals surface area (Å²) in [5, 5.41) is 9.00. The summed E-state index contributed by atoms with van der Waals surface area (Å²) in [7, 11) is 0. The molecule has 0 fully saturated rings. The van der Waals surface area contributed by atoms with Gasteiger partial charge < -0.3 is 4.74 Å². The first kappa shape index (κ1) is 13.9. The Kier molecular flexibility index (Phi) is 3.66. The van der Waals surface area contributed by atoms with Crippen molar-refractivity contribution in [2.24, 2.45) is 0 Å². The summed E-state index contributed by atoms with van der Waals surface area (Å²) in [5.74, 6) is -0.169. The van der Waals surface area contributed by atoms with Crippen LogP contribution in [0.2, 0.25) is 0 Å². The molecule has 0 bridgehead atoms. The van der Waals surface area contributed by atoms with Gasteiger partial charge in [-0.15, -0.1) is 0 Å². The van der Waals surface area contributed by atoms with Crippen LogP contribution in [0, 0.1) is 18.3 Å². The average molecular weight is 277 g/mol. The number of alkyl halides is 3. The third-order valence-corrected chi connectivity index (χ3v) is 2.74. The van der Waals surface area contributed by atoms with E-state index in [9.17, 15) is 13.2 Å². The van der Waals surface area contributed by atoms with Crippen LogP contribution >= 0.6 is 0 Å². The van der Waals surface area contributed by atoms with Gasteiger partial charge in [-0.2, -0.15) is 18.4 Å². The maximum Gasteiger partial charge on any atom is 0.419 e. The fourth-order valence-electron chi connectivity index (χ4n) is 1.78. The number of nitriles is 1. The number of hydrogen-bond acceptors (Lipinski definition) is 2.